The van der Waals surface area contributed by atoms with Gasteiger partial charge in [0, 0.05) is 0 Å². The van der Waals surface area contributed by atoms with E-state index in [1.807, 2.05) is 6.92 Å². The van der Waals surface area contributed by atoms with E-state index in [0.29, 0.717) is 5.41 Å². The molecule has 1 saturated heterocycles. The summed E-state index contributed by atoms with van der Waals surface area (Å²) in [6.07, 6.45) is 6.41. The highest BCUT2D eigenvalue weighted by Gasteiger charge is 2.48. The number of likely N-dealkylation sites (tertiary alicyclic amines) is 1. The molecule has 2 unspecified atom stereocenters. The Morgan fingerprint density at radius 3 is 2.52 bits per heavy atom. The second-order valence-corrected chi connectivity index (χ2v) is 7.69. The van der Waals surface area contributed by atoms with E-state index in [1.54, 1.807) is 0 Å². The van der Waals surface area contributed by atoms with Gasteiger partial charge in [-0.1, -0.05) is 27.2 Å². The molecule has 2 atom stereocenters. The summed E-state index contributed by atoms with van der Waals surface area (Å²) < 4.78 is 0. The Bertz CT molecular complexity index is 360. The van der Waals surface area contributed by atoms with Crippen LogP contribution in [0.5, 0.6) is 0 Å². The molecule has 2 fully saturated rings. The molecule has 1 heterocycles. The Morgan fingerprint density at radius 1 is 1.29 bits per heavy atom. The number of aliphatic carboxylic acids is 1. The second kappa shape index (κ2) is 6.66. The number of carboxylic acid groups (broad SMARTS) is 1. The lowest BCUT2D eigenvalue weighted by molar-refractivity contribution is -0.146. The summed E-state index contributed by atoms with van der Waals surface area (Å²) in [7, 11) is 0. The van der Waals surface area contributed by atoms with Crippen LogP contribution in [0.1, 0.15) is 59.3 Å². The average Bonchev–Trinajstić information content (AvgIpc) is 2.82. The highest BCUT2D eigenvalue weighted by molar-refractivity contribution is 5.79. The van der Waals surface area contributed by atoms with Crippen molar-refractivity contribution >= 4 is 5.97 Å². The molecule has 0 aromatic rings. The van der Waals surface area contributed by atoms with E-state index in [9.17, 15) is 9.90 Å². The van der Waals surface area contributed by atoms with Gasteiger partial charge in [0.25, 0.3) is 0 Å². The Morgan fingerprint density at radius 2 is 1.95 bits per heavy atom. The van der Waals surface area contributed by atoms with Gasteiger partial charge in [0.1, 0.15) is 5.54 Å². The summed E-state index contributed by atoms with van der Waals surface area (Å²) in [4.78, 5) is 14.3. The minimum absolute atomic E-state index is 0.282. The quantitative estimate of drug-likeness (QED) is 0.791. The molecule has 0 radical (unpaired) electrons. The molecule has 122 valence electrons. The first-order chi connectivity index (χ1) is 9.89. The van der Waals surface area contributed by atoms with E-state index in [1.165, 1.54) is 25.9 Å². The van der Waals surface area contributed by atoms with Crippen LogP contribution in [-0.4, -0.2) is 47.7 Å². The van der Waals surface area contributed by atoms with Gasteiger partial charge in [-0.25, -0.2) is 0 Å². The van der Waals surface area contributed by atoms with Crippen molar-refractivity contribution < 1.29 is 9.90 Å². The molecule has 21 heavy (non-hydrogen) atoms. The minimum atomic E-state index is -0.663. The molecule has 1 aliphatic heterocycles. The normalized spacial score (nSPS) is 33.2. The maximum atomic E-state index is 11.8. The van der Waals surface area contributed by atoms with Crippen molar-refractivity contribution in [3.05, 3.63) is 0 Å². The van der Waals surface area contributed by atoms with E-state index in [4.69, 9.17) is 0 Å². The van der Waals surface area contributed by atoms with Gasteiger partial charge in [0.15, 0.2) is 0 Å². The lowest BCUT2D eigenvalue weighted by atomic mass is 9.81. The molecule has 2 N–H and O–H groups in total. The SMILES string of the molecule is CCNC1(C(=O)O)CCCC1CCN1CCC(C)(C)CC1. The van der Waals surface area contributed by atoms with Crippen LogP contribution in [0.3, 0.4) is 0 Å². The fraction of sp³-hybridized carbons (Fsp3) is 0.941. The maximum Gasteiger partial charge on any atom is 0.324 e. The van der Waals surface area contributed by atoms with Crippen molar-refractivity contribution in [2.24, 2.45) is 11.3 Å². The summed E-state index contributed by atoms with van der Waals surface area (Å²) in [6.45, 7) is 10.8. The topological polar surface area (TPSA) is 52.6 Å². The molecular weight excluding hydrogens is 264 g/mol. The number of likely N-dealkylation sites (N-methyl/N-ethyl adjacent to an activating group) is 1. The fourth-order valence-corrected chi connectivity index (χ4v) is 4.09. The van der Waals surface area contributed by atoms with Crippen LogP contribution in [0.4, 0.5) is 0 Å². The van der Waals surface area contributed by atoms with Crippen molar-refractivity contribution in [2.75, 3.05) is 26.2 Å². The number of carboxylic acids is 1. The number of carbonyl (C=O) groups is 1. The molecular formula is C17H32N2O2. The average molecular weight is 296 g/mol. The van der Waals surface area contributed by atoms with Crippen LogP contribution in [0.2, 0.25) is 0 Å². The van der Waals surface area contributed by atoms with Crippen molar-refractivity contribution in [3.8, 4) is 0 Å². The molecule has 0 aromatic carbocycles. The van der Waals surface area contributed by atoms with Gasteiger partial charge in [0.2, 0.25) is 0 Å². The van der Waals surface area contributed by atoms with Gasteiger partial charge in [-0.05, 0) is 69.6 Å². The van der Waals surface area contributed by atoms with Crippen LogP contribution < -0.4 is 5.32 Å². The molecule has 1 aliphatic carbocycles. The van der Waals surface area contributed by atoms with Crippen LogP contribution in [0.15, 0.2) is 0 Å². The highest BCUT2D eigenvalue weighted by atomic mass is 16.4. The Balaban J connectivity index is 1.88. The third kappa shape index (κ3) is 3.78. The summed E-state index contributed by atoms with van der Waals surface area (Å²) in [5, 5.41) is 13.0. The summed E-state index contributed by atoms with van der Waals surface area (Å²) in [5.41, 5.74) is -0.178. The highest BCUT2D eigenvalue weighted by Crippen LogP contribution is 2.39. The maximum absolute atomic E-state index is 11.8. The number of hydrogen-bond donors (Lipinski definition) is 2. The monoisotopic (exact) mass is 296 g/mol. The van der Waals surface area contributed by atoms with Crippen LogP contribution >= 0.6 is 0 Å². The summed E-state index contributed by atoms with van der Waals surface area (Å²) >= 11 is 0. The summed E-state index contributed by atoms with van der Waals surface area (Å²) in [5.74, 6) is -0.364. The first-order valence-corrected chi connectivity index (χ1v) is 8.60. The molecule has 0 spiro atoms. The lowest BCUT2D eigenvalue weighted by Crippen LogP contribution is -2.55. The number of hydrogen-bond acceptors (Lipinski definition) is 3. The van der Waals surface area contributed by atoms with Crippen molar-refractivity contribution in [3.63, 3.8) is 0 Å². The smallest absolute Gasteiger partial charge is 0.324 e. The zero-order chi connectivity index (χ0) is 15.5. The second-order valence-electron chi connectivity index (χ2n) is 7.69. The Labute approximate surface area is 129 Å². The van der Waals surface area contributed by atoms with Gasteiger partial charge in [0.05, 0.1) is 0 Å². The first kappa shape index (κ1) is 16.8. The molecule has 4 heteroatoms. The predicted octanol–water partition coefficient (Wildman–Crippen LogP) is 2.73. The van der Waals surface area contributed by atoms with E-state index in [0.717, 1.165) is 38.8 Å². The molecule has 2 aliphatic rings. The van der Waals surface area contributed by atoms with E-state index >= 15 is 0 Å². The number of nitrogens with one attached hydrogen (secondary N) is 1. The van der Waals surface area contributed by atoms with Gasteiger partial charge >= 0.3 is 5.97 Å². The third-order valence-corrected chi connectivity index (χ3v) is 5.70. The van der Waals surface area contributed by atoms with Crippen molar-refractivity contribution in [1.29, 1.82) is 0 Å². The van der Waals surface area contributed by atoms with E-state index < -0.39 is 11.5 Å². The van der Waals surface area contributed by atoms with E-state index in [2.05, 4.69) is 24.1 Å². The van der Waals surface area contributed by atoms with E-state index in [-0.39, 0.29) is 5.92 Å². The van der Waals surface area contributed by atoms with Gasteiger partial charge in [-0.3, -0.25) is 4.79 Å². The lowest BCUT2D eigenvalue weighted by Gasteiger charge is -2.38. The minimum Gasteiger partial charge on any atom is -0.480 e. The number of nitrogens with zero attached hydrogens (tertiary/aromatic N) is 1. The van der Waals surface area contributed by atoms with Crippen LogP contribution in [-0.2, 0) is 4.79 Å². The third-order valence-electron chi connectivity index (χ3n) is 5.70. The van der Waals surface area contributed by atoms with Crippen LogP contribution in [0, 0.1) is 11.3 Å². The molecule has 1 saturated carbocycles. The van der Waals surface area contributed by atoms with Gasteiger partial charge in [-0.2, -0.15) is 0 Å². The number of piperidine rings is 1. The fourth-order valence-electron chi connectivity index (χ4n) is 4.09. The zero-order valence-electron chi connectivity index (χ0n) is 14.0. The number of rotatable bonds is 6. The molecule has 0 aromatic heterocycles. The Kier molecular flexibility index (Phi) is 5.31. The van der Waals surface area contributed by atoms with Gasteiger partial charge < -0.3 is 15.3 Å². The molecule has 2 rings (SSSR count). The van der Waals surface area contributed by atoms with Crippen molar-refractivity contribution in [2.45, 2.75) is 64.8 Å². The Hall–Kier alpha value is -0.610. The first-order valence-electron chi connectivity index (χ1n) is 8.60. The van der Waals surface area contributed by atoms with Gasteiger partial charge in [-0.15, -0.1) is 0 Å². The zero-order valence-corrected chi connectivity index (χ0v) is 14.0. The van der Waals surface area contributed by atoms with Crippen molar-refractivity contribution in [1.82, 2.24) is 10.2 Å². The largest absolute Gasteiger partial charge is 0.480 e. The standard InChI is InChI=1S/C17H32N2O2/c1-4-18-17(15(20)21)8-5-6-14(17)7-11-19-12-9-16(2,3)10-13-19/h14,18H,4-13H2,1-3H3,(H,20,21). The molecule has 0 bridgehead atoms. The molecule has 0 amide bonds. The molecule has 4 nitrogen and oxygen atoms in total. The predicted molar refractivity (Wildman–Crippen MR) is 85.5 cm³/mol. The van der Waals surface area contributed by atoms with Crippen LogP contribution in [0.25, 0.3) is 0 Å². The summed E-state index contributed by atoms with van der Waals surface area (Å²) in [6, 6.07) is 0.